The van der Waals surface area contributed by atoms with Gasteiger partial charge in [0.2, 0.25) is 0 Å². The molecule has 1 rings (SSSR count). The quantitative estimate of drug-likeness (QED) is 0.611. The monoisotopic (exact) mass is 144 g/mol. The third-order valence-electron chi connectivity index (χ3n) is 1.42. The second-order valence-electron chi connectivity index (χ2n) is 2.16. The molecule has 2 N–H and O–H groups in total. The molecule has 0 bridgehead atoms. The highest BCUT2D eigenvalue weighted by atomic mass is 14.5. The summed E-state index contributed by atoms with van der Waals surface area (Å²) in [6, 6.07) is 7.20. The van der Waals surface area contributed by atoms with Crippen molar-refractivity contribution in [3.8, 4) is 6.07 Å². The lowest BCUT2D eigenvalue weighted by Gasteiger charge is -1.97. The molecule has 0 aliphatic carbocycles. The number of benzene rings is 1. The third-order valence-corrected chi connectivity index (χ3v) is 1.42. The zero-order valence-electron chi connectivity index (χ0n) is 6.04. The van der Waals surface area contributed by atoms with Gasteiger partial charge in [0.05, 0.1) is 11.6 Å². The number of hydrogen-bond donors (Lipinski definition) is 1. The van der Waals surface area contributed by atoms with E-state index < -0.39 is 0 Å². The number of rotatable bonds is 1. The number of nitriles is 1. The highest BCUT2D eigenvalue weighted by Gasteiger charge is 1.96. The second kappa shape index (κ2) is 2.89. The van der Waals surface area contributed by atoms with E-state index in [0.29, 0.717) is 11.3 Å². The van der Waals surface area contributed by atoms with Gasteiger partial charge in [-0.3, -0.25) is 0 Å². The Morgan fingerprint density at radius 1 is 1.55 bits per heavy atom. The Hall–Kier alpha value is -1.75. The minimum absolute atomic E-state index is 0.569. The predicted molar refractivity (Wildman–Crippen MR) is 45.7 cm³/mol. The summed E-state index contributed by atoms with van der Waals surface area (Å²) in [4.78, 5) is 0. The van der Waals surface area contributed by atoms with E-state index in [9.17, 15) is 0 Å². The van der Waals surface area contributed by atoms with Crippen LogP contribution in [0.3, 0.4) is 0 Å². The second-order valence-corrected chi connectivity index (χ2v) is 2.16. The van der Waals surface area contributed by atoms with Gasteiger partial charge in [0, 0.05) is 5.69 Å². The molecule has 0 saturated carbocycles. The first-order valence-corrected chi connectivity index (χ1v) is 3.20. The van der Waals surface area contributed by atoms with E-state index in [-0.39, 0.29) is 0 Å². The van der Waals surface area contributed by atoms with Gasteiger partial charge in [0.25, 0.3) is 0 Å². The van der Waals surface area contributed by atoms with Gasteiger partial charge in [0.1, 0.15) is 0 Å². The molecule has 0 spiro atoms. The van der Waals surface area contributed by atoms with Crippen molar-refractivity contribution < 1.29 is 0 Å². The summed E-state index contributed by atoms with van der Waals surface area (Å²) in [5.74, 6) is 0. The highest BCUT2D eigenvalue weighted by molar-refractivity contribution is 5.61. The lowest BCUT2D eigenvalue weighted by Crippen LogP contribution is -1.87. The fourth-order valence-electron chi connectivity index (χ4n) is 0.849. The number of nitrogen functional groups attached to an aromatic ring is 1. The lowest BCUT2D eigenvalue weighted by atomic mass is 10.1. The van der Waals surface area contributed by atoms with Crippen molar-refractivity contribution >= 4 is 11.8 Å². The maximum absolute atomic E-state index is 8.62. The summed E-state index contributed by atoms with van der Waals surface area (Å²) in [7, 11) is 0. The van der Waals surface area contributed by atoms with Crippen molar-refractivity contribution in [1.82, 2.24) is 0 Å². The van der Waals surface area contributed by atoms with E-state index in [2.05, 4.69) is 6.58 Å². The molecule has 0 atom stereocenters. The summed E-state index contributed by atoms with van der Waals surface area (Å²) in [6.07, 6.45) is 1.64. The molecule has 0 aliphatic heterocycles. The summed E-state index contributed by atoms with van der Waals surface area (Å²) in [6.45, 7) is 3.58. The van der Waals surface area contributed by atoms with Crippen molar-refractivity contribution in [3.63, 3.8) is 0 Å². The molecule has 2 nitrogen and oxygen atoms in total. The Balaban J connectivity index is 3.30. The number of nitrogens with two attached hydrogens (primary N) is 1. The van der Waals surface area contributed by atoms with Crippen molar-refractivity contribution in [2.75, 3.05) is 5.73 Å². The van der Waals surface area contributed by atoms with Gasteiger partial charge in [-0.1, -0.05) is 18.7 Å². The van der Waals surface area contributed by atoms with Gasteiger partial charge in [0.15, 0.2) is 0 Å². The minimum Gasteiger partial charge on any atom is -0.399 e. The van der Waals surface area contributed by atoms with Crippen LogP contribution in [0, 0.1) is 11.3 Å². The van der Waals surface area contributed by atoms with Crippen LogP contribution in [0.2, 0.25) is 0 Å². The Bertz CT molecular complexity index is 321. The lowest BCUT2D eigenvalue weighted by molar-refractivity contribution is 1.47. The van der Waals surface area contributed by atoms with Crippen LogP contribution in [-0.2, 0) is 0 Å². The molecule has 0 aromatic heterocycles. The molecule has 0 heterocycles. The molecule has 0 radical (unpaired) electrons. The Labute approximate surface area is 65.6 Å². The molecule has 0 unspecified atom stereocenters. The molecule has 0 amide bonds. The normalized spacial score (nSPS) is 8.64. The van der Waals surface area contributed by atoms with Gasteiger partial charge in [-0.15, -0.1) is 0 Å². The van der Waals surface area contributed by atoms with Gasteiger partial charge in [-0.25, -0.2) is 0 Å². The summed E-state index contributed by atoms with van der Waals surface area (Å²) in [5, 5.41) is 8.62. The zero-order valence-corrected chi connectivity index (χ0v) is 6.04. The van der Waals surface area contributed by atoms with E-state index in [1.807, 2.05) is 6.07 Å². The Morgan fingerprint density at radius 3 is 2.82 bits per heavy atom. The first-order valence-electron chi connectivity index (χ1n) is 3.20. The fourth-order valence-corrected chi connectivity index (χ4v) is 0.849. The summed E-state index contributed by atoms with van der Waals surface area (Å²) < 4.78 is 0. The van der Waals surface area contributed by atoms with E-state index >= 15 is 0 Å². The maximum Gasteiger partial charge on any atom is 0.0998 e. The minimum atomic E-state index is 0.569. The van der Waals surface area contributed by atoms with Gasteiger partial charge in [-0.05, 0) is 17.7 Å². The van der Waals surface area contributed by atoms with Crippen LogP contribution in [-0.4, -0.2) is 0 Å². The van der Waals surface area contributed by atoms with E-state index in [0.717, 1.165) is 5.56 Å². The largest absolute Gasteiger partial charge is 0.399 e. The van der Waals surface area contributed by atoms with Gasteiger partial charge < -0.3 is 5.73 Å². The van der Waals surface area contributed by atoms with Crippen LogP contribution in [0.25, 0.3) is 6.08 Å². The molecule has 2 heteroatoms. The highest BCUT2D eigenvalue weighted by Crippen LogP contribution is 2.12. The molecule has 0 aliphatic rings. The Morgan fingerprint density at radius 2 is 2.27 bits per heavy atom. The molecule has 54 valence electrons. The zero-order chi connectivity index (χ0) is 8.27. The fraction of sp³-hybridized carbons (Fsp3) is 0. The van der Waals surface area contributed by atoms with Crippen molar-refractivity contribution in [2.24, 2.45) is 0 Å². The van der Waals surface area contributed by atoms with Crippen LogP contribution in [0.4, 0.5) is 5.69 Å². The average molecular weight is 144 g/mol. The summed E-state index contributed by atoms with van der Waals surface area (Å²) in [5.41, 5.74) is 7.47. The predicted octanol–water partition coefficient (Wildman–Crippen LogP) is 1.78. The molecule has 11 heavy (non-hydrogen) atoms. The van der Waals surface area contributed by atoms with E-state index in [4.69, 9.17) is 11.0 Å². The first-order chi connectivity index (χ1) is 5.27. The molecule has 0 saturated heterocycles. The Kier molecular flexibility index (Phi) is 1.93. The van der Waals surface area contributed by atoms with Gasteiger partial charge in [-0.2, -0.15) is 5.26 Å². The van der Waals surface area contributed by atoms with Crippen LogP contribution in [0.1, 0.15) is 11.1 Å². The van der Waals surface area contributed by atoms with Crippen molar-refractivity contribution in [2.45, 2.75) is 0 Å². The molecular weight excluding hydrogens is 136 g/mol. The maximum atomic E-state index is 8.62. The summed E-state index contributed by atoms with van der Waals surface area (Å²) >= 11 is 0. The molecular formula is C9H8N2. The standard InChI is InChI=1S/C9H8N2/c1-2-7-3-4-9(11)5-8(7)6-10/h2-5H,1,11H2. The van der Waals surface area contributed by atoms with E-state index in [1.165, 1.54) is 0 Å². The average Bonchev–Trinajstić information content (AvgIpc) is 2.04. The van der Waals surface area contributed by atoms with Crippen LogP contribution >= 0.6 is 0 Å². The third kappa shape index (κ3) is 1.39. The van der Waals surface area contributed by atoms with Gasteiger partial charge >= 0.3 is 0 Å². The molecule has 1 aromatic rings. The number of nitrogens with zero attached hydrogens (tertiary/aromatic N) is 1. The van der Waals surface area contributed by atoms with E-state index in [1.54, 1.807) is 24.3 Å². The molecule has 0 fully saturated rings. The van der Waals surface area contributed by atoms with Crippen molar-refractivity contribution in [1.29, 1.82) is 5.26 Å². The topological polar surface area (TPSA) is 49.8 Å². The van der Waals surface area contributed by atoms with Crippen LogP contribution in [0.5, 0.6) is 0 Å². The first kappa shape index (κ1) is 7.36. The smallest absolute Gasteiger partial charge is 0.0998 e. The van der Waals surface area contributed by atoms with Crippen molar-refractivity contribution in [3.05, 3.63) is 35.9 Å². The van der Waals surface area contributed by atoms with Crippen LogP contribution < -0.4 is 5.73 Å². The molecule has 1 aromatic carbocycles. The number of anilines is 1. The SMILES string of the molecule is C=Cc1ccc(N)cc1C#N. The number of hydrogen-bond acceptors (Lipinski definition) is 2. The van der Waals surface area contributed by atoms with Crippen LogP contribution in [0.15, 0.2) is 24.8 Å².